The molecule has 0 atom stereocenters. The van der Waals surface area contributed by atoms with Crippen molar-refractivity contribution in [3.05, 3.63) is 41.5 Å². The van der Waals surface area contributed by atoms with Gasteiger partial charge in [0, 0.05) is 36.4 Å². The number of nitrogens with one attached hydrogen (secondary N) is 1. The molecule has 1 fully saturated rings. The van der Waals surface area contributed by atoms with Gasteiger partial charge in [-0.2, -0.15) is 0 Å². The van der Waals surface area contributed by atoms with E-state index in [2.05, 4.69) is 15.4 Å². The van der Waals surface area contributed by atoms with Gasteiger partial charge in [0.05, 0.1) is 35.6 Å². The summed E-state index contributed by atoms with van der Waals surface area (Å²) < 4.78 is 10.9. The second-order valence-corrected chi connectivity index (χ2v) is 8.51. The molecule has 0 bridgehead atoms. The first kappa shape index (κ1) is 21.9. The number of carboxylic acid groups (broad SMARTS) is 1. The van der Waals surface area contributed by atoms with Crippen molar-refractivity contribution >= 4 is 40.0 Å². The first-order valence-electron chi connectivity index (χ1n) is 11.5. The number of aliphatic carboxylic acids is 1. The number of piperidine rings is 1. The van der Waals surface area contributed by atoms with Crippen LogP contribution in [0.2, 0.25) is 0 Å². The Labute approximate surface area is 195 Å². The molecule has 9 heteroatoms. The van der Waals surface area contributed by atoms with Gasteiger partial charge >= 0.3 is 11.9 Å². The molecule has 5 rings (SSSR count). The molecule has 2 heterocycles. The molecule has 3 aromatic rings. The standard InChI is InChI=1S/C25H25N3O6/c1-2-33-25(32)14-8-11-28(12-9-14)18-13-17(26-10-7-19(29)30)20-21-22(18)27-34-24(21)16-6-4-3-5-15(16)23(20)31/h3-6,13-14,26H,2,7-12H2,1H3,(H,29,30). The van der Waals surface area contributed by atoms with Crippen LogP contribution in [0.25, 0.3) is 22.2 Å². The molecule has 0 amide bonds. The molecule has 1 aliphatic carbocycles. The monoisotopic (exact) mass is 463 g/mol. The fraction of sp³-hybridized carbons (Fsp3) is 0.360. The van der Waals surface area contributed by atoms with E-state index in [0.29, 0.717) is 71.6 Å². The average Bonchev–Trinajstić information content (AvgIpc) is 3.28. The summed E-state index contributed by atoms with van der Waals surface area (Å²) in [5.41, 5.74) is 3.60. The summed E-state index contributed by atoms with van der Waals surface area (Å²) in [7, 11) is 0. The molecule has 1 aliphatic heterocycles. The highest BCUT2D eigenvalue weighted by molar-refractivity contribution is 6.28. The lowest BCUT2D eigenvalue weighted by atomic mass is 9.86. The molecule has 9 nitrogen and oxygen atoms in total. The number of fused-ring (bicyclic) bond motifs is 2. The number of hydrogen-bond acceptors (Lipinski definition) is 8. The van der Waals surface area contributed by atoms with E-state index in [1.807, 2.05) is 18.2 Å². The van der Waals surface area contributed by atoms with Crippen molar-refractivity contribution in [1.82, 2.24) is 5.16 Å². The van der Waals surface area contributed by atoms with Crippen molar-refractivity contribution in [1.29, 1.82) is 0 Å². The minimum absolute atomic E-state index is 0.0843. The van der Waals surface area contributed by atoms with Crippen LogP contribution in [-0.4, -0.2) is 54.2 Å². The van der Waals surface area contributed by atoms with Crippen LogP contribution in [0.4, 0.5) is 11.4 Å². The van der Waals surface area contributed by atoms with E-state index in [0.717, 1.165) is 5.69 Å². The fourth-order valence-electron chi connectivity index (χ4n) is 4.84. The lowest BCUT2D eigenvalue weighted by Crippen LogP contribution is -2.37. The van der Waals surface area contributed by atoms with E-state index in [4.69, 9.17) is 14.4 Å². The van der Waals surface area contributed by atoms with Crippen LogP contribution in [0.5, 0.6) is 0 Å². The van der Waals surface area contributed by atoms with Gasteiger partial charge < -0.3 is 24.6 Å². The fourth-order valence-corrected chi connectivity index (χ4v) is 4.84. The van der Waals surface area contributed by atoms with Crippen molar-refractivity contribution in [2.75, 3.05) is 36.5 Å². The second kappa shape index (κ2) is 8.81. The molecule has 1 aromatic heterocycles. The summed E-state index contributed by atoms with van der Waals surface area (Å²) in [6, 6.07) is 9.09. The molecule has 0 saturated carbocycles. The summed E-state index contributed by atoms with van der Waals surface area (Å²) >= 11 is 0. The van der Waals surface area contributed by atoms with E-state index in [-0.39, 0.29) is 30.6 Å². The zero-order valence-corrected chi connectivity index (χ0v) is 18.8. The van der Waals surface area contributed by atoms with Crippen LogP contribution in [0, 0.1) is 5.92 Å². The molecule has 34 heavy (non-hydrogen) atoms. The zero-order chi connectivity index (χ0) is 23.8. The van der Waals surface area contributed by atoms with Gasteiger partial charge in [0.15, 0.2) is 11.5 Å². The number of nitrogens with zero attached hydrogens (tertiary/aromatic N) is 2. The number of rotatable bonds is 7. The number of carbonyl (C=O) groups excluding carboxylic acids is 2. The van der Waals surface area contributed by atoms with Gasteiger partial charge in [-0.15, -0.1) is 0 Å². The Kier molecular flexibility index (Phi) is 5.69. The Balaban J connectivity index is 1.57. The van der Waals surface area contributed by atoms with E-state index in [9.17, 15) is 14.4 Å². The Bertz CT molecular complexity index is 1290. The molecule has 2 aromatic carbocycles. The summed E-state index contributed by atoms with van der Waals surface area (Å²) in [5.74, 6) is -0.851. The highest BCUT2D eigenvalue weighted by atomic mass is 16.5. The minimum atomic E-state index is -0.925. The molecular formula is C25H25N3O6. The Hall–Kier alpha value is -3.88. The quantitative estimate of drug-likeness (QED) is 0.395. The molecule has 2 N–H and O–H groups in total. The third kappa shape index (κ3) is 3.67. The van der Waals surface area contributed by atoms with Gasteiger partial charge in [0.2, 0.25) is 0 Å². The predicted molar refractivity (Wildman–Crippen MR) is 125 cm³/mol. The first-order valence-corrected chi connectivity index (χ1v) is 11.5. The van der Waals surface area contributed by atoms with Gasteiger partial charge in [0.25, 0.3) is 0 Å². The maximum absolute atomic E-state index is 13.5. The van der Waals surface area contributed by atoms with E-state index in [1.165, 1.54) is 0 Å². The number of ether oxygens (including phenoxy) is 1. The summed E-state index contributed by atoms with van der Waals surface area (Å²) in [6.45, 7) is 3.59. The number of carbonyl (C=O) groups is 3. The minimum Gasteiger partial charge on any atom is -0.481 e. The smallest absolute Gasteiger partial charge is 0.309 e. The number of carboxylic acids is 1. The van der Waals surface area contributed by atoms with Gasteiger partial charge in [0.1, 0.15) is 5.52 Å². The summed E-state index contributed by atoms with van der Waals surface area (Å²) in [6.07, 6.45) is 1.21. The maximum Gasteiger partial charge on any atom is 0.309 e. The predicted octanol–water partition coefficient (Wildman–Crippen LogP) is 3.71. The van der Waals surface area contributed by atoms with Crippen molar-refractivity contribution in [3.63, 3.8) is 0 Å². The third-order valence-corrected chi connectivity index (χ3v) is 6.49. The van der Waals surface area contributed by atoms with Crippen LogP contribution in [-0.2, 0) is 14.3 Å². The topological polar surface area (TPSA) is 122 Å². The van der Waals surface area contributed by atoms with Crippen molar-refractivity contribution in [3.8, 4) is 11.3 Å². The molecule has 2 aliphatic rings. The zero-order valence-electron chi connectivity index (χ0n) is 18.8. The van der Waals surface area contributed by atoms with Gasteiger partial charge in [-0.25, -0.2) is 0 Å². The van der Waals surface area contributed by atoms with Gasteiger partial charge in [-0.1, -0.05) is 29.4 Å². The van der Waals surface area contributed by atoms with E-state index >= 15 is 0 Å². The molecule has 1 saturated heterocycles. The number of aromatic nitrogens is 1. The van der Waals surface area contributed by atoms with Crippen LogP contribution in [0.1, 0.15) is 42.1 Å². The lowest BCUT2D eigenvalue weighted by Gasteiger charge is -2.33. The Morgan fingerprint density at radius 1 is 1.24 bits per heavy atom. The van der Waals surface area contributed by atoms with Gasteiger partial charge in [-0.3, -0.25) is 14.4 Å². The maximum atomic E-state index is 13.5. The number of benzene rings is 2. The SMILES string of the molecule is CCOC(=O)C1CCN(c2cc(NCCC(=O)O)c3c4c(onc24)-c2ccccc2C3=O)CC1. The van der Waals surface area contributed by atoms with Crippen LogP contribution >= 0.6 is 0 Å². The molecule has 176 valence electrons. The van der Waals surface area contributed by atoms with E-state index in [1.54, 1.807) is 19.1 Å². The molecule has 0 unspecified atom stereocenters. The van der Waals surface area contributed by atoms with E-state index < -0.39 is 5.97 Å². The largest absolute Gasteiger partial charge is 0.481 e. The summed E-state index contributed by atoms with van der Waals surface area (Å²) in [4.78, 5) is 38.9. The number of anilines is 2. The summed E-state index contributed by atoms with van der Waals surface area (Å²) in [5, 5.41) is 17.2. The normalized spacial score (nSPS) is 15.3. The van der Waals surface area contributed by atoms with Crippen molar-refractivity contribution in [2.24, 2.45) is 5.92 Å². The van der Waals surface area contributed by atoms with Crippen LogP contribution in [0.3, 0.4) is 0 Å². The first-order chi connectivity index (χ1) is 16.5. The lowest BCUT2D eigenvalue weighted by molar-refractivity contribution is -0.148. The van der Waals surface area contributed by atoms with Crippen LogP contribution in [0.15, 0.2) is 34.9 Å². The van der Waals surface area contributed by atoms with Gasteiger partial charge in [-0.05, 0) is 25.8 Å². The average molecular weight is 463 g/mol. The Morgan fingerprint density at radius 2 is 1.97 bits per heavy atom. The number of esters is 1. The molecule has 0 radical (unpaired) electrons. The number of ketones is 1. The highest BCUT2D eigenvalue weighted by Gasteiger charge is 2.35. The Morgan fingerprint density at radius 3 is 2.68 bits per heavy atom. The highest BCUT2D eigenvalue weighted by Crippen LogP contribution is 2.46. The van der Waals surface area contributed by atoms with Crippen molar-refractivity contribution in [2.45, 2.75) is 26.2 Å². The second-order valence-electron chi connectivity index (χ2n) is 8.51. The third-order valence-electron chi connectivity index (χ3n) is 6.49. The van der Waals surface area contributed by atoms with Crippen LogP contribution < -0.4 is 10.2 Å². The van der Waals surface area contributed by atoms with Crippen molar-refractivity contribution < 1.29 is 28.8 Å². The number of hydrogen-bond donors (Lipinski definition) is 2. The molecular weight excluding hydrogens is 438 g/mol. The molecule has 0 spiro atoms.